The molecule has 0 fully saturated rings. The first kappa shape index (κ1) is 11.0. The average Bonchev–Trinajstić information content (AvgIpc) is 2.27. The van der Waals surface area contributed by atoms with Crippen LogP contribution in [0.15, 0.2) is 22.7 Å². The molecule has 2 rings (SSSR count). The van der Waals surface area contributed by atoms with E-state index < -0.39 is 0 Å². The van der Waals surface area contributed by atoms with Crippen molar-refractivity contribution >= 4 is 28.3 Å². The van der Waals surface area contributed by atoms with Crippen molar-refractivity contribution < 1.29 is 0 Å². The maximum absolute atomic E-state index is 6.12. The Bertz CT molecular complexity index is 323. The van der Waals surface area contributed by atoms with Crippen LogP contribution < -0.4 is 5.73 Å². The summed E-state index contributed by atoms with van der Waals surface area (Å²) in [6, 6.07) is 6.37. The van der Waals surface area contributed by atoms with Gasteiger partial charge >= 0.3 is 0 Å². The molecule has 1 aromatic rings. The summed E-state index contributed by atoms with van der Waals surface area (Å²) in [4.78, 5) is 0. The van der Waals surface area contributed by atoms with E-state index in [1.54, 1.807) is 0 Å². The number of hydrogen-bond donors (Lipinski definition) is 1. The summed E-state index contributed by atoms with van der Waals surface area (Å²) in [6.45, 7) is 2.10. The van der Waals surface area contributed by atoms with E-state index in [0.29, 0.717) is 0 Å². The van der Waals surface area contributed by atoms with Gasteiger partial charge < -0.3 is 5.73 Å². The van der Waals surface area contributed by atoms with Crippen molar-refractivity contribution in [3.63, 3.8) is 0 Å². The summed E-state index contributed by atoms with van der Waals surface area (Å²) in [5.41, 5.74) is 8.73. The van der Waals surface area contributed by atoms with Crippen LogP contribution in [0.5, 0.6) is 0 Å². The van der Waals surface area contributed by atoms with Crippen molar-refractivity contribution in [3.05, 3.63) is 33.8 Å². The Balaban J connectivity index is 0.000000845. The Kier molecular flexibility index (Phi) is 3.05. The van der Waals surface area contributed by atoms with Crippen molar-refractivity contribution in [2.75, 3.05) is 0 Å². The van der Waals surface area contributed by atoms with Crippen LogP contribution >= 0.6 is 28.3 Å². The van der Waals surface area contributed by atoms with E-state index >= 15 is 0 Å². The van der Waals surface area contributed by atoms with Crippen molar-refractivity contribution in [1.82, 2.24) is 0 Å². The number of nitrogens with two attached hydrogens (primary N) is 1. The number of fused-ring (bicyclic) bond motifs is 1. The normalized spacial score (nSPS) is 25.2. The molecule has 0 bridgehead atoms. The first-order chi connectivity index (χ1) is 5.59. The second kappa shape index (κ2) is 3.60. The lowest BCUT2D eigenvalue weighted by Gasteiger charge is -2.18. The minimum absolute atomic E-state index is 0. The van der Waals surface area contributed by atoms with Gasteiger partial charge in [-0.05, 0) is 43.0 Å². The lowest BCUT2D eigenvalue weighted by atomic mass is 9.96. The largest absolute Gasteiger partial charge is 0.322 e. The van der Waals surface area contributed by atoms with Gasteiger partial charge in [-0.15, -0.1) is 12.4 Å². The van der Waals surface area contributed by atoms with Crippen molar-refractivity contribution in [1.29, 1.82) is 0 Å². The monoisotopic (exact) mass is 261 g/mol. The third-order valence-electron chi connectivity index (χ3n) is 2.60. The molecule has 3 heteroatoms. The summed E-state index contributed by atoms with van der Waals surface area (Å²) in [5, 5.41) is 0. The topological polar surface area (TPSA) is 26.0 Å². The number of hydrogen-bond acceptors (Lipinski definition) is 1. The minimum atomic E-state index is -0.101. The predicted molar refractivity (Wildman–Crippen MR) is 61.3 cm³/mol. The first-order valence-electron chi connectivity index (χ1n) is 4.17. The van der Waals surface area contributed by atoms with Crippen LogP contribution in [0.25, 0.3) is 0 Å². The van der Waals surface area contributed by atoms with Gasteiger partial charge in [0, 0.05) is 10.0 Å². The van der Waals surface area contributed by atoms with Gasteiger partial charge in [-0.25, -0.2) is 0 Å². The fourth-order valence-corrected chi connectivity index (χ4v) is 2.26. The molecule has 0 saturated carbocycles. The molecule has 0 amide bonds. The molecule has 0 aliphatic heterocycles. The van der Waals surface area contributed by atoms with Gasteiger partial charge in [-0.1, -0.05) is 22.0 Å². The Morgan fingerprint density at radius 2 is 2.15 bits per heavy atom. The summed E-state index contributed by atoms with van der Waals surface area (Å²) >= 11 is 3.46. The maximum atomic E-state index is 6.12. The molecule has 1 aliphatic rings. The molecule has 13 heavy (non-hydrogen) atoms. The molecule has 1 aliphatic carbocycles. The molecule has 2 N–H and O–H groups in total. The molecule has 0 spiro atoms. The zero-order chi connectivity index (χ0) is 8.77. The molecule has 72 valence electrons. The second-order valence-corrected chi connectivity index (χ2v) is 4.63. The highest BCUT2D eigenvalue weighted by Gasteiger charge is 2.29. The molecule has 0 radical (unpaired) electrons. The third-order valence-corrected chi connectivity index (χ3v) is 3.09. The van der Waals surface area contributed by atoms with E-state index in [-0.39, 0.29) is 17.9 Å². The Morgan fingerprint density at radius 1 is 1.46 bits per heavy atom. The zero-order valence-corrected chi connectivity index (χ0v) is 9.91. The molecule has 1 unspecified atom stereocenters. The standard InChI is InChI=1S/C10H12BrN.ClH/c1-10(12)5-4-7-6-8(11)2-3-9(7)10;/h2-3,6H,4-5,12H2,1H3;1H. The fourth-order valence-electron chi connectivity index (χ4n) is 1.86. The Morgan fingerprint density at radius 3 is 2.85 bits per heavy atom. The molecular formula is C10H13BrClN. The van der Waals surface area contributed by atoms with E-state index in [4.69, 9.17) is 5.73 Å². The van der Waals surface area contributed by atoms with Crippen LogP contribution in [0, 0.1) is 0 Å². The van der Waals surface area contributed by atoms with Gasteiger partial charge in [0.15, 0.2) is 0 Å². The average molecular weight is 263 g/mol. The highest BCUT2D eigenvalue weighted by Crippen LogP contribution is 2.35. The van der Waals surface area contributed by atoms with Gasteiger partial charge in [-0.3, -0.25) is 0 Å². The molecular weight excluding hydrogens is 249 g/mol. The fraction of sp³-hybridized carbons (Fsp3) is 0.400. The quantitative estimate of drug-likeness (QED) is 0.764. The van der Waals surface area contributed by atoms with Crippen molar-refractivity contribution in [2.45, 2.75) is 25.3 Å². The zero-order valence-electron chi connectivity index (χ0n) is 7.51. The van der Waals surface area contributed by atoms with Crippen LogP contribution in [0.4, 0.5) is 0 Å². The Hall–Kier alpha value is -0.0500. The number of halogens is 2. The van der Waals surface area contributed by atoms with E-state index in [1.807, 2.05) is 0 Å². The molecule has 1 nitrogen and oxygen atoms in total. The van der Waals surface area contributed by atoms with E-state index in [1.165, 1.54) is 11.1 Å². The second-order valence-electron chi connectivity index (χ2n) is 3.72. The minimum Gasteiger partial charge on any atom is -0.322 e. The lowest BCUT2D eigenvalue weighted by molar-refractivity contribution is 0.492. The van der Waals surface area contributed by atoms with Gasteiger partial charge in [0.1, 0.15) is 0 Å². The number of aryl methyl sites for hydroxylation is 1. The van der Waals surface area contributed by atoms with Crippen LogP contribution in [-0.2, 0) is 12.0 Å². The highest BCUT2D eigenvalue weighted by molar-refractivity contribution is 9.10. The smallest absolute Gasteiger partial charge is 0.0386 e. The van der Waals surface area contributed by atoms with Crippen LogP contribution in [0.1, 0.15) is 24.5 Å². The number of rotatable bonds is 0. The molecule has 0 heterocycles. The predicted octanol–water partition coefficient (Wildman–Crippen LogP) is 2.99. The lowest BCUT2D eigenvalue weighted by Crippen LogP contribution is -2.29. The van der Waals surface area contributed by atoms with E-state index in [2.05, 4.69) is 41.1 Å². The van der Waals surface area contributed by atoms with E-state index in [9.17, 15) is 0 Å². The van der Waals surface area contributed by atoms with Crippen molar-refractivity contribution in [2.24, 2.45) is 5.73 Å². The highest BCUT2D eigenvalue weighted by atomic mass is 79.9. The van der Waals surface area contributed by atoms with E-state index in [0.717, 1.165) is 17.3 Å². The van der Waals surface area contributed by atoms with Gasteiger partial charge in [0.25, 0.3) is 0 Å². The maximum Gasteiger partial charge on any atom is 0.0386 e. The summed E-state index contributed by atoms with van der Waals surface area (Å²) in [5.74, 6) is 0. The summed E-state index contributed by atoms with van der Waals surface area (Å²) < 4.78 is 1.15. The molecule has 0 aromatic heterocycles. The van der Waals surface area contributed by atoms with Crippen LogP contribution in [0.3, 0.4) is 0 Å². The molecule has 1 atom stereocenters. The summed E-state index contributed by atoms with van der Waals surface area (Å²) in [7, 11) is 0. The first-order valence-corrected chi connectivity index (χ1v) is 4.97. The van der Waals surface area contributed by atoms with Crippen LogP contribution in [0.2, 0.25) is 0 Å². The van der Waals surface area contributed by atoms with Crippen molar-refractivity contribution in [3.8, 4) is 0 Å². The van der Waals surface area contributed by atoms with Gasteiger partial charge in [0.05, 0.1) is 0 Å². The molecule has 1 aromatic carbocycles. The van der Waals surface area contributed by atoms with Crippen LogP contribution in [-0.4, -0.2) is 0 Å². The molecule has 0 saturated heterocycles. The van der Waals surface area contributed by atoms with Gasteiger partial charge in [-0.2, -0.15) is 0 Å². The third kappa shape index (κ3) is 1.90. The number of benzene rings is 1. The SMILES string of the molecule is CC1(N)CCc2cc(Br)ccc21.Cl. The van der Waals surface area contributed by atoms with Gasteiger partial charge in [0.2, 0.25) is 0 Å². The summed E-state index contributed by atoms with van der Waals surface area (Å²) in [6.07, 6.45) is 2.18. The Labute approximate surface area is 93.2 Å².